The first-order valence-electron chi connectivity index (χ1n) is 4.32. The van der Waals surface area contributed by atoms with Gasteiger partial charge in [-0.05, 0) is 17.9 Å². The van der Waals surface area contributed by atoms with Crippen LogP contribution in [0.2, 0.25) is 0 Å². The Bertz CT molecular complexity index is 204. The number of allylic oxidation sites excluding steroid dienone is 1. The molecule has 0 aromatic rings. The molecule has 68 valence electrons. The summed E-state index contributed by atoms with van der Waals surface area (Å²) in [5.74, 6) is 0.440. The van der Waals surface area contributed by atoms with Crippen molar-refractivity contribution in [1.29, 1.82) is 0 Å². The lowest BCUT2D eigenvalue weighted by atomic mass is 9.87. The van der Waals surface area contributed by atoms with Gasteiger partial charge in [0.05, 0.1) is 0 Å². The molecule has 1 aliphatic rings. The lowest BCUT2D eigenvalue weighted by molar-refractivity contribution is -0.269. The summed E-state index contributed by atoms with van der Waals surface area (Å²) >= 11 is 0. The number of hydrogen-bond donors (Lipinski definition) is 1. The predicted octanol–water partition coefficient (Wildman–Crippen LogP) is 2.78. The molecule has 0 aromatic carbocycles. The Morgan fingerprint density at radius 3 is 2.83 bits per heavy atom. The second kappa shape index (κ2) is 3.87. The summed E-state index contributed by atoms with van der Waals surface area (Å²) in [6.45, 7) is 8.08. The van der Waals surface area contributed by atoms with Crippen molar-refractivity contribution in [2.45, 2.75) is 32.8 Å². The van der Waals surface area contributed by atoms with Crippen LogP contribution in [0.1, 0.15) is 26.7 Å². The van der Waals surface area contributed by atoms with Crippen LogP contribution in [0.25, 0.3) is 0 Å². The summed E-state index contributed by atoms with van der Waals surface area (Å²) in [5, 5.41) is 8.65. The van der Waals surface area contributed by atoms with E-state index in [1.807, 2.05) is 0 Å². The van der Waals surface area contributed by atoms with E-state index in [1.54, 1.807) is 0 Å². The fourth-order valence-corrected chi connectivity index (χ4v) is 1.56. The van der Waals surface area contributed by atoms with E-state index in [0.29, 0.717) is 5.92 Å². The summed E-state index contributed by atoms with van der Waals surface area (Å²) < 4.78 is 0. The number of hydrogen-bond acceptors (Lipinski definition) is 2. The average Bonchev–Trinajstić information content (AvgIpc) is 2.03. The summed E-state index contributed by atoms with van der Waals surface area (Å²) in [7, 11) is 0. The van der Waals surface area contributed by atoms with E-state index in [4.69, 9.17) is 5.26 Å². The highest BCUT2D eigenvalue weighted by Crippen LogP contribution is 2.28. The van der Waals surface area contributed by atoms with Crippen molar-refractivity contribution in [3.05, 3.63) is 23.8 Å². The Morgan fingerprint density at radius 2 is 2.33 bits per heavy atom. The van der Waals surface area contributed by atoms with Crippen molar-refractivity contribution in [2.24, 2.45) is 5.92 Å². The first kappa shape index (κ1) is 9.49. The molecule has 2 heteroatoms. The molecule has 0 aliphatic heterocycles. The third-order valence-electron chi connectivity index (χ3n) is 2.27. The summed E-state index contributed by atoms with van der Waals surface area (Å²) in [6.07, 6.45) is 3.62. The topological polar surface area (TPSA) is 29.5 Å². The van der Waals surface area contributed by atoms with Crippen LogP contribution in [0.5, 0.6) is 0 Å². The standard InChI is InChI=1S/C10H16O2/c1-7(2)9-5-4-8(3)6-10(9)12-11/h5,7,10-11H,3-4,6H2,1-2H3. The third-order valence-corrected chi connectivity index (χ3v) is 2.27. The third kappa shape index (κ3) is 1.96. The molecule has 12 heavy (non-hydrogen) atoms. The molecule has 1 atom stereocenters. The van der Waals surface area contributed by atoms with Gasteiger partial charge >= 0.3 is 0 Å². The van der Waals surface area contributed by atoms with Crippen molar-refractivity contribution in [3.63, 3.8) is 0 Å². The molecule has 0 saturated carbocycles. The van der Waals surface area contributed by atoms with Gasteiger partial charge in [-0.25, -0.2) is 4.89 Å². The van der Waals surface area contributed by atoms with E-state index in [9.17, 15) is 0 Å². The van der Waals surface area contributed by atoms with E-state index in [0.717, 1.165) is 18.4 Å². The van der Waals surface area contributed by atoms with Gasteiger partial charge in [-0.15, -0.1) is 0 Å². The Balaban J connectivity index is 2.75. The lowest BCUT2D eigenvalue weighted by Crippen LogP contribution is -2.21. The van der Waals surface area contributed by atoms with Crippen LogP contribution < -0.4 is 0 Å². The maximum atomic E-state index is 8.65. The minimum Gasteiger partial charge on any atom is -0.251 e. The summed E-state index contributed by atoms with van der Waals surface area (Å²) in [5.41, 5.74) is 2.31. The van der Waals surface area contributed by atoms with Crippen LogP contribution in [0, 0.1) is 5.92 Å². The van der Waals surface area contributed by atoms with Gasteiger partial charge in [-0.1, -0.05) is 32.1 Å². The molecule has 1 N–H and O–H groups in total. The van der Waals surface area contributed by atoms with E-state index in [1.165, 1.54) is 5.57 Å². The van der Waals surface area contributed by atoms with Crippen LogP contribution in [0.4, 0.5) is 0 Å². The maximum absolute atomic E-state index is 8.65. The molecule has 0 fully saturated rings. The first-order valence-corrected chi connectivity index (χ1v) is 4.32. The van der Waals surface area contributed by atoms with Crippen LogP contribution in [0.3, 0.4) is 0 Å². The zero-order valence-electron chi connectivity index (χ0n) is 7.71. The van der Waals surface area contributed by atoms with Gasteiger partial charge in [0.25, 0.3) is 0 Å². The molecule has 0 amide bonds. The van der Waals surface area contributed by atoms with Gasteiger partial charge in [0.15, 0.2) is 0 Å². The quantitative estimate of drug-likeness (QED) is 0.390. The molecule has 0 radical (unpaired) electrons. The fourth-order valence-electron chi connectivity index (χ4n) is 1.56. The molecule has 0 heterocycles. The SMILES string of the molecule is C=C1CC=C(C(C)C)C(OO)C1. The van der Waals surface area contributed by atoms with Crippen LogP contribution in [0.15, 0.2) is 23.8 Å². The molecular weight excluding hydrogens is 152 g/mol. The fraction of sp³-hybridized carbons (Fsp3) is 0.600. The molecule has 0 spiro atoms. The summed E-state index contributed by atoms with van der Waals surface area (Å²) in [6, 6.07) is 0. The Kier molecular flexibility index (Phi) is 3.06. The Hall–Kier alpha value is -0.600. The smallest absolute Gasteiger partial charge is 0.118 e. The summed E-state index contributed by atoms with van der Waals surface area (Å²) in [4.78, 5) is 4.41. The second-order valence-electron chi connectivity index (χ2n) is 3.61. The zero-order chi connectivity index (χ0) is 9.14. The van der Waals surface area contributed by atoms with Crippen LogP contribution >= 0.6 is 0 Å². The van der Waals surface area contributed by atoms with E-state index in [2.05, 4.69) is 31.4 Å². The van der Waals surface area contributed by atoms with Gasteiger partial charge in [-0.2, -0.15) is 0 Å². The second-order valence-corrected chi connectivity index (χ2v) is 3.61. The number of rotatable bonds is 2. The molecule has 0 saturated heterocycles. The van der Waals surface area contributed by atoms with Crippen molar-refractivity contribution < 1.29 is 10.1 Å². The molecule has 0 bridgehead atoms. The molecule has 0 aromatic heterocycles. The molecule has 2 nitrogen and oxygen atoms in total. The Morgan fingerprint density at radius 1 is 1.67 bits per heavy atom. The minimum atomic E-state index is -0.161. The van der Waals surface area contributed by atoms with Gasteiger partial charge < -0.3 is 0 Å². The minimum absolute atomic E-state index is 0.161. The molecule has 1 unspecified atom stereocenters. The lowest BCUT2D eigenvalue weighted by Gasteiger charge is -2.25. The van der Waals surface area contributed by atoms with Crippen molar-refractivity contribution in [1.82, 2.24) is 0 Å². The van der Waals surface area contributed by atoms with E-state index >= 15 is 0 Å². The largest absolute Gasteiger partial charge is 0.251 e. The van der Waals surface area contributed by atoms with Crippen molar-refractivity contribution >= 4 is 0 Å². The zero-order valence-corrected chi connectivity index (χ0v) is 7.71. The normalized spacial score (nSPS) is 24.5. The Labute approximate surface area is 73.5 Å². The highest BCUT2D eigenvalue weighted by Gasteiger charge is 2.22. The highest BCUT2D eigenvalue weighted by atomic mass is 17.1. The molecular formula is C10H16O2. The van der Waals surface area contributed by atoms with Gasteiger partial charge in [0.2, 0.25) is 0 Å². The van der Waals surface area contributed by atoms with Gasteiger partial charge in [-0.3, -0.25) is 5.26 Å². The predicted molar refractivity (Wildman–Crippen MR) is 48.8 cm³/mol. The molecule has 1 rings (SSSR count). The van der Waals surface area contributed by atoms with Gasteiger partial charge in [0.1, 0.15) is 6.10 Å². The molecule has 1 aliphatic carbocycles. The van der Waals surface area contributed by atoms with Crippen LogP contribution in [-0.4, -0.2) is 11.4 Å². The van der Waals surface area contributed by atoms with E-state index in [-0.39, 0.29) is 6.10 Å². The monoisotopic (exact) mass is 168 g/mol. The average molecular weight is 168 g/mol. The highest BCUT2D eigenvalue weighted by molar-refractivity contribution is 5.22. The first-order chi connectivity index (χ1) is 5.65. The van der Waals surface area contributed by atoms with Crippen molar-refractivity contribution in [2.75, 3.05) is 0 Å². The van der Waals surface area contributed by atoms with Crippen molar-refractivity contribution in [3.8, 4) is 0 Å². The van der Waals surface area contributed by atoms with E-state index < -0.39 is 0 Å². The van der Waals surface area contributed by atoms with Crippen LogP contribution in [-0.2, 0) is 4.89 Å². The maximum Gasteiger partial charge on any atom is 0.118 e. The van der Waals surface area contributed by atoms with Gasteiger partial charge in [0, 0.05) is 6.42 Å².